The molecule has 120 valence electrons. The minimum Gasteiger partial charge on any atom is -0.489 e. The number of allylic oxidation sites excluding steroid dienone is 1. The molecule has 1 saturated carbocycles. The van der Waals surface area contributed by atoms with Gasteiger partial charge in [-0.15, -0.1) is 6.58 Å². The van der Waals surface area contributed by atoms with E-state index in [1.807, 2.05) is 6.08 Å². The van der Waals surface area contributed by atoms with Gasteiger partial charge in [0, 0.05) is 11.8 Å². The molecule has 3 atom stereocenters. The highest BCUT2D eigenvalue weighted by molar-refractivity contribution is 5.29. The maximum absolute atomic E-state index is 12.6. The number of rotatable bonds is 5. The van der Waals surface area contributed by atoms with Crippen LogP contribution in [-0.4, -0.2) is 6.10 Å². The summed E-state index contributed by atoms with van der Waals surface area (Å²) in [6.07, 6.45) is 4.74. The van der Waals surface area contributed by atoms with Crippen LogP contribution in [-0.2, 0) is 6.18 Å². The third-order valence-electron chi connectivity index (χ3n) is 4.05. The van der Waals surface area contributed by atoms with Crippen LogP contribution in [0, 0.1) is 11.8 Å². The molecule has 1 aromatic carbocycles. The van der Waals surface area contributed by atoms with Gasteiger partial charge in [-0.05, 0) is 43.5 Å². The highest BCUT2D eigenvalue weighted by Crippen LogP contribution is 2.37. The van der Waals surface area contributed by atoms with Gasteiger partial charge in [0.2, 0.25) is 0 Å². The van der Waals surface area contributed by atoms with E-state index in [9.17, 15) is 13.2 Å². The number of hydrogen-bond acceptors (Lipinski definition) is 1. The summed E-state index contributed by atoms with van der Waals surface area (Å²) in [4.78, 5) is 0. The van der Waals surface area contributed by atoms with E-state index in [1.165, 1.54) is 12.1 Å². The average molecular weight is 310 g/mol. The second kappa shape index (κ2) is 7.03. The lowest BCUT2D eigenvalue weighted by atomic mass is 9.99. The van der Waals surface area contributed by atoms with Gasteiger partial charge in [-0.25, -0.2) is 0 Å². The molecule has 0 bridgehead atoms. The summed E-state index contributed by atoms with van der Waals surface area (Å²) in [6, 6.07) is 4.90. The molecule has 0 heterocycles. The average Bonchev–Trinajstić information content (AvgIpc) is 2.86. The quantitative estimate of drug-likeness (QED) is 0.640. The fourth-order valence-corrected chi connectivity index (χ4v) is 2.85. The lowest BCUT2D eigenvalue weighted by Crippen LogP contribution is -2.26. The zero-order chi connectivity index (χ0) is 16.2. The molecule has 1 aliphatic rings. The van der Waals surface area contributed by atoms with Crippen LogP contribution >= 0.6 is 0 Å². The van der Waals surface area contributed by atoms with Crippen molar-refractivity contribution in [3.8, 4) is 5.75 Å². The van der Waals surface area contributed by atoms with E-state index in [0.717, 1.165) is 31.4 Å². The summed E-state index contributed by atoms with van der Waals surface area (Å²) in [5.41, 5.74) is -0.658. The number of alkyl halides is 3. The summed E-state index contributed by atoms with van der Waals surface area (Å²) in [7, 11) is 0. The number of benzene rings is 1. The Hall–Kier alpha value is -1.71. The Morgan fingerprint density at radius 1 is 1.18 bits per heavy atom. The zero-order valence-electron chi connectivity index (χ0n) is 12.6. The largest absolute Gasteiger partial charge is 0.489 e. The van der Waals surface area contributed by atoms with Crippen LogP contribution in [0.5, 0.6) is 5.75 Å². The predicted molar refractivity (Wildman–Crippen MR) is 81.7 cm³/mol. The Labute approximate surface area is 129 Å². The summed E-state index contributed by atoms with van der Waals surface area (Å²) >= 11 is 0. The van der Waals surface area contributed by atoms with E-state index in [-0.39, 0.29) is 17.9 Å². The van der Waals surface area contributed by atoms with Gasteiger partial charge in [0.05, 0.1) is 5.56 Å². The standard InChI is InChI=1S/C18H21F3O/c1-3-5-6-14-8-7-13(4-2)17(14)22-16-11-9-15(10-12-16)18(19,20)21/h4-6,9-14,17H,2-3,7-8H2,1H3/b6-5-/t13-,14+,17+/m1/s1. The first kappa shape index (κ1) is 16.7. The fourth-order valence-electron chi connectivity index (χ4n) is 2.85. The Morgan fingerprint density at radius 3 is 2.36 bits per heavy atom. The van der Waals surface area contributed by atoms with Crippen molar-refractivity contribution < 1.29 is 17.9 Å². The highest BCUT2D eigenvalue weighted by atomic mass is 19.4. The Bertz CT molecular complexity index is 516. The van der Waals surface area contributed by atoms with Crippen LogP contribution in [0.3, 0.4) is 0 Å². The number of halogens is 3. The van der Waals surface area contributed by atoms with Crippen molar-refractivity contribution in [1.29, 1.82) is 0 Å². The second-order valence-electron chi connectivity index (χ2n) is 5.58. The van der Waals surface area contributed by atoms with Gasteiger partial charge >= 0.3 is 6.18 Å². The molecule has 0 aliphatic heterocycles. The second-order valence-corrected chi connectivity index (χ2v) is 5.58. The van der Waals surface area contributed by atoms with Gasteiger partial charge in [-0.1, -0.05) is 25.2 Å². The van der Waals surface area contributed by atoms with E-state index in [1.54, 1.807) is 0 Å². The third-order valence-corrected chi connectivity index (χ3v) is 4.05. The Morgan fingerprint density at radius 2 is 1.82 bits per heavy atom. The van der Waals surface area contributed by atoms with Crippen molar-refractivity contribution in [2.75, 3.05) is 0 Å². The van der Waals surface area contributed by atoms with Crippen LogP contribution < -0.4 is 4.74 Å². The molecule has 0 spiro atoms. The van der Waals surface area contributed by atoms with Crippen molar-refractivity contribution in [3.63, 3.8) is 0 Å². The van der Waals surface area contributed by atoms with Gasteiger partial charge in [0.1, 0.15) is 11.9 Å². The van der Waals surface area contributed by atoms with Crippen LogP contribution in [0.15, 0.2) is 49.1 Å². The Kier molecular flexibility index (Phi) is 5.33. The molecule has 4 heteroatoms. The van der Waals surface area contributed by atoms with Crippen molar-refractivity contribution >= 4 is 0 Å². The van der Waals surface area contributed by atoms with Crippen molar-refractivity contribution in [2.24, 2.45) is 11.8 Å². The van der Waals surface area contributed by atoms with E-state index in [0.29, 0.717) is 5.75 Å². The SMILES string of the molecule is C=C[C@@H]1CC[C@H](/C=C\CC)[C@H]1Oc1ccc(C(F)(F)F)cc1. The maximum atomic E-state index is 12.6. The minimum atomic E-state index is -4.32. The number of hydrogen-bond donors (Lipinski definition) is 0. The first-order valence-corrected chi connectivity index (χ1v) is 7.58. The molecule has 0 radical (unpaired) electrons. The topological polar surface area (TPSA) is 9.23 Å². The summed E-state index contributed by atoms with van der Waals surface area (Å²) in [5, 5.41) is 0. The molecule has 0 saturated heterocycles. The normalized spacial score (nSPS) is 25.5. The summed E-state index contributed by atoms with van der Waals surface area (Å²) in [5.74, 6) is 0.987. The molecule has 1 nitrogen and oxygen atoms in total. The van der Waals surface area contributed by atoms with Crippen LogP contribution in [0.4, 0.5) is 13.2 Å². The molecule has 2 rings (SSSR count). The van der Waals surface area contributed by atoms with Gasteiger partial charge in [0.15, 0.2) is 0 Å². The highest BCUT2D eigenvalue weighted by Gasteiger charge is 2.35. The van der Waals surface area contributed by atoms with Crippen LogP contribution in [0.1, 0.15) is 31.7 Å². The zero-order valence-corrected chi connectivity index (χ0v) is 12.6. The lowest BCUT2D eigenvalue weighted by Gasteiger charge is -2.23. The predicted octanol–water partition coefficient (Wildman–Crippen LogP) is 5.63. The molecule has 0 N–H and O–H groups in total. The molecule has 1 fully saturated rings. The minimum absolute atomic E-state index is 0.0583. The fraction of sp³-hybridized carbons (Fsp3) is 0.444. The smallest absolute Gasteiger partial charge is 0.416 e. The van der Waals surface area contributed by atoms with Crippen LogP contribution in [0.25, 0.3) is 0 Å². The molecule has 1 aliphatic carbocycles. The first-order valence-electron chi connectivity index (χ1n) is 7.58. The number of ether oxygens (including phenoxy) is 1. The lowest BCUT2D eigenvalue weighted by molar-refractivity contribution is -0.137. The van der Waals surface area contributed by atoms with Crippen molar-refractivity contribution in [2.45, 2.75) is 38.5 Å². The summed E-state index contributed by atoms with van der Waals surface area (Å²) in [6.45, 7) is 5.91. The van der Waals surface area contributed by atoms with Crippen molar-refractivity contribution in [1.82, 2.24) is 0 Å². The Balaban J connectivity index is 2.12. The molecule has 22 heavy (non-hydrogen) atoms. The third kappa shape index (κ3) is 3.93. The molecular weight excluding hydrogens is 289 g/mol. The van der Waals surface area contributed by atoms with E-state index in [4.69, 9.17) is 4.74 Å². The van der Waals surface area contributed by atoms with E-state index in [2.05, 4.69) is 25.7 Å². The van der Waals surface area contributed by atoms with Gasteiger partial charge in [0.25, 0.3) is 0 Å². The van der Waals surface area contributed by atoms with Gasteiger partial charge < -0.3 is 4.74 Å². The van der Waals surface area contributed by atoms with E-state index >= 15 is 0 Å². The van der Waals surface area contributed by atoms with Crippen molar-refractivity contribution in [3.05, 3.63) is 54.6 Å². The molecular formula is C18H21F3O. The first-order chi connectivity index (χ1) is 10.5. The van der Waals surface area contributed by atoms with Gasteiger partial charge in [-0.3, -0.25) is 0 Å². The van der Waals surface area contributed by atoms with Crippen LogP contribution in [0.2, 0.25) is 0 Å². The molecule has 1 aromatic rings. The maximum Gasteiger partial charge on any atom is 0.416 e. The molecule has 0 unspecified atom stereocenters. The summed E-state index contributed by atoms with van der Waals surface area (Å²) < 4.78 is 43.7. The van der Waals surface area contributed by atoms with Gasteiger partial charge in [-0.2, -0.15) is 13.2 Å². The molecule has 0 aromatic heterocycles. The monoisotopic (exact) mass is 310 g/mol. The van der Waals surface area contributed by atoms with E-state index < -0.39 is 11.7 Å². The molecule has 0 amide bonds.